The molecule has 0 aliphatic rings. The maximum Gasteiger partial charge on any atom is 0.490 e. The van der Waals surface area contributed by atoms with E-state index in [0.717, 1.165) is 0 Å². The molecule has 1 aromatic heterocycles. The molecule has 478 valence electrons. The average Bonchev–Trinajstić information content (AvgIpc) is 4.10. The fourth-order valence-corrected chi connectivity index (χ4v) is 7.43. The van der Waals surface area contributed by atoms with Crippen LogP contribution in [0.3, 0.4) is 0 Å². The van der Waals surface area contributed by atoms with Crippen molar-refractivity contribution in [2.45, 2.75) is 181 Å². The number of halogens is 3. The number of rotatable bonds is 36. The molecule has 0 aliphatic carbocycles. The van der Waals surface area contributed by atoms with Crippen LogP contribution in [-0.4, -0.2) is 190 Å². The van der Waals surface area contributed by atoms with Gasteiger partial charge < -0.3 is 83.5 Å². The van der Waals surface area contributed by atoms with Crippen LogP contribution in [0.15, 0.2) is 12.5 Å². The number of nitrogens with zero attached hydrogens (tertiary/aromatic N) is 1. The number of aromatic amines is 1. The SMILES string of the molecule is CC[C@H](C)[C@H](NC(C)=O)C(=O)N[C@@H](CCC(=O)O)C(=O)N[C@H](C(=O)N[C@@H](CC(=O)O)C(=O)N[C@H](C(=O)N[C@@H](CC(=O)O)C(=O)N[C@H](C(=O)N[C@@H](CCC(=O)O)C(=O)N[C@@H](Cc1cnc[nH]1)C(=O)O)C(C)C)[C@@H](C)CC)C(C)C.O=C(O)C(F)(F)F. The van der Waals surface area contributed by atoms with Gasteiger partial charge in [0, 0.05) is 38.1 Å². The van der Waals surface area contributed by atoms with Crippen LogP contribution in [-0.2, 0) is 78.3 Å². The minimum Gasteiger partial charge on any atom is -0.481 e. The molecule has 0 bridgehead atoms. The Morgan fingerprint density at radius 3 is 1.08 bits per heavy atom. The molecule has 85 heavy (non-hydrogen) atoms. The molecule has 0 fully saturated rings. The van der Waals surface area contributed by atoms with E-state index in [1.807, 2.05) is 0 Å². The fraction of sp³-hybridized carbons (Fsp3) is 0.640. The zero-order valence-electron chi connectivity index (χ0n) is 47.9. The summed E-state index contributed by atoms with van der Waals surface area (Å²) in [6.07, 6.45) is -6.80. The number of carbonyl (C=O) groups is 15. The van der Waals surface area contributed by atoms with E-state index in [1.165, 1.54) is 54.1 Å². The Morgan fingerprint density at radius 1 is 0.471 bits per heavy atom. The summed E-state index contributed by atoms with van der Waals surface area (Å²) in [5.74, 6) is -22.6. The van der Waals surface area contributed by atoms with E-state index in [2.05, 4.69) is 57.8 Å². The molecule has 9 amide bonds. The zero-order valence-corrected chi connectivity index (χ0v) is 47.9. The van der Waals surface area contributed by atoms with Crippen molar-refractivity contribution in [1.29, 1.82) is 0 Å². The third-order valence-corrected chi connectivity index (χ3v) is 12.6. The Bertz CT molecular complexity index is 2530. The van der Waals surface area contributed by atoms with Crippen LogP contribution in [0, 0.1) is 23.7 Å². The molecule has 32 nitrogen and oxygen atoms in total. The largest absolute Gasteiger partial charge is 0.490 e. The second-order valence-corrected chi connectivity index (χ2v) is 20.2. The van der Waals surface area contributed by atoms with Gasteiger partial charge >= 0.3 is 42.0 Å². The number of hydrogen-bond donors (Lipinski definition) is 16. The molecule has 0 aromatic carbocycles. The van der Waals surface area contributed by atoms with E-state index < -0.39 is 212 Å². The lowest BCUT2D eigenvalue weighted by Gasteiger charge is -2.30. The summed E-state index contributed by atoms with van der Waals surface area (Å²) in [5, 5.41) is 76.2. The lowest BCUT2D eigenvalue weighted by molar-refractivity contribution is -0.192. The van der Waals surface area contributed by atoms with E-state index in [-0.39, 0.29) is 12.8 Å². The number of H-pyrrole nitrogens is 1. The number of amides is 9. The van der Waals surface area contributed by atoms with Crippen LogP contribution in [0.4, 0.5) is 13.2 Å². The Labute approximate surface area is 484 Å². The van der Waals surface area contributed by atoms with E-state index in [9.17, 15) is 106 Å². The second-order valence-electron chi connectivity index (χ2n) is 20.2. The normalized spacial score (nSPS) is 15.0. The number of aromatic nitrogens is 2. The van der Waals surface area contributed by atoms with Gasteiger partial charge in [-0.3, -0.25) is 62.3 Å². The summed E-state index contributed by atoms with van der Waals surface area (Å²) < 4.78 is 31.7. The molecule has 0 radical (unpaired) electrons. The van der Waals surface area contributed by atoms with Crippen LogP contribution < -0.4 is 47.9 Å². The monoisotopic (exact) mass is 1220 g/mol. The predicted molar refractivity (Wildman–Crippen MR) is 283 cm³/mol. The van der Waals surface area contributed by atoms with Gasteiger partial charge in [-0.2, -0.15) is 13.2 Å². The van der Waals surface area contributed by atoms with Crippen molar-refractivity contribution in [2.75, 3.05) is 0 Å². The van der Waals surface area contributed by atoms with Crippen LogP contribution in [0.1, 0.15) is 119 Å². The van der Waals surface area contributed by atoms with Gasteiger partial charge in [-0.1, -0.05) is 68.2 Å². The highest BCUT2D eigenvalue weighted by molar-refractivity contribution is 6.00. The summed E-state index contributed by atoms with van der Waals surface area (Å²) in [7, 11) is 0. The number of alkyl halides is 3. The summed E-state index contributed by atoms with van der Waals surface area (Å²) in [6.45, 7) is 13.4. The Balaban J connectivity index is 0.00000942. The Hall–Kier alpha value is -8.95. The zero-order chi connectivity index (χ0) is 65.8. The molecule has 16 N–H and O–H groups in total. The quantitative estimate of drug-likeness (QED) is 0.0350. The van der Waals surface area contributed by atoms with Crippen molar-refractivity contribution in [1.82, 2.24) is 57.8 Å². The fourth-order valence-electron chi connectivity index (χ4n) is 7.43. The van der Waals surface area contributed by atoms with Crippen LogP contribution in [0.5, 0.6) is 0 Å². The molecule has 0 spiro atoms. The number of hydrogen-bond acceptors (Lipinski definition) is 16. The molecule has 0 saturated heterocycles. The molecule has 35 heteroatoms. The van der Waals surface area contributed by atoms with E-state index in [4.69, 9.17) is 9.90 Å². The first-order valence-corrected chi connectivity index (χ1v) is 26.3. The average molecular weight is 1220 g/mol. The molecular weight excluding hydrogens is 1150 g/mol. The maximum absolute atomic E-state index is 14.0. The van der Waals surface area contributed by atoms with E-state index in [0.29, 0.717) is 12.1 Å². The van der Waals surface area contributed by atoms with Crippen molar-refractivity contribution in [3.8, 4) is 0 Å². The minimum absolute atomic E-state index is 0.122. The van der Waals surface area contributed by atoms with Crippen LogP contribution in [0.25, 0.3) is 0 Å². The Kier molecular flexibility index (Phi) is 32.7. The first kappa shape index (κ1) is 76.0. The molecule has 1 heterocycles. The van der Waals surface area contributed by atoms with Gasteiger partial charge in [-0.15, -0.1) is 0 Å². The smallest absolute Gasteiger partial charge is 0.481 e. The highest BCUT2D eigenvalue weighted by Crippen LogP contribution is 2.15. The summed E-state index contributed by atoms with van der Waals surface area (Å²) in [4.78, 5) is 196. The molecule has 0 saturated carbocycles. The van der Waals surface area contributed by atoms with E-state index >= 15 is 0 Å². The van der Waals surface area contributed by atoms with Crippen molar-refractivity contribution < 1.29 is 116 Å². The number of carboxylic acid groups (broad SMARTS) is 6. The summed E-state index contributed by atoms with van der Waals surface area (Å²) in [5.41, 5.74) is 0.315. The van der Waals surface area contributed by atoms with Crippen molar-refractivity contribution in [2.24, 2.45) is 23.7 Å². The first-order valence-electron chi connectivity index (χ1n) is 26.3. The van der Waals surface area contributed by atoms with Crippen LogP contribution >= 0.6 is 0 Å². The van der Waals surface area contributed by atoms with Crippen LogP contribution in [0.2, 0.25) is 0 Å². The third-order valence-electron chi connectivity index (χ3n) is 12.6. The number of carbonyl (C=O) groups excluding carboxylic acids is 9. The Morgan fingerprint density at radius 2 is 0.788 bits per heavy atom. The van der Waals surface area contributed by atoms with Gasteiger partial charge in [0.1, 0.15) is 54.4 Å². The maximum atomic E-state index is 14.0. The van der Waals surface area contributed by atoms with Gasteiger partial charge in [-0.25, -0.2) is 14.6 Å². The topological polar surface area (TPSA) is 514 Å². The number of aliphatic carboxylic acids is 6. The molecule has 1 rings (SSSR count). The molecular formula is C50H76F3N11O21. The summed E-state index contributed by atoms with van der Waals surface area (Å²) >= 11 is 0. The van der Waals surface area contributed by atoms with Crippen molar-refractivity contribution >= 4 is 89.0 Å². The van der Waals surface area contributed by atoms with Crippen molar-refractivity contribution in [3.05, 3.63) is 18.2 Å². The highest BCUT2D eigenvalue weighted by Gasteiger charge is 2.40. The van der Waals surface area contributed by atoms with E-state index in [1.54, 1.807) is 20.8 Å². The second kappa shape index (κ2) is 36.6. The number of imidazole rings is 1. The number of nitrogens with one attached hydrogen (secondary N) is 10. The third kappa shape index (κ3) is 28.7. The van der Waals surface area contributed by atoms with Gasteiger partial charge in [0.2, 0.25) is 53.2 Å². The molecule has 11 atom stereocenters. The molecule has 1 aromatic rings. The standard InChI is InChI=1S/C48H75N11O19.C2HF3O2/c1-10-23(7)38(51-25(9)60)46(75)53-28(13-15-33(63)64)41(70)57-37(22(5)6)45(74)54-30(18-35(67)68)43(72)59-39(24(8)11-2)47(76)55-29(17-34(65)66)42(71)58-36(21(3)4)44(73)52-27(12-14-32(61)62)40(69)56-31(48(77)78)16-26-19-49-20-50-26;3-2(4,5)1(6)7/h19-24,27-31,36-39H,10-18H2,1-9H3,(H,49,50)(H,51,60)(H,52,73)(H,53,75)(H,54,74)(H,55,76)(H,56,69)(H,57,70)(H,58,71)(H,59,72)(H,61,62)(H,63,64)(H,65,66)(H,67,68)(H,77,78);(H,6,7)/t23-,24-,27-,28-,29-,30-,31-,36-,37-,38-,39-;/m0./s1. The van der Waals surface area contributed by atoms with Gasteiger partial charge in [0.15, 0.2) is 0 Å². The highest BCUT2D eigenvalue weighted by atomic mass is 19.4. The molecule has 0 unspecified atom stereocenters. The van der Waals surface area contributed by atoms with Gasteiger partial charge in [0.25, 0.3) is 0 Å². The lowest BCUT2D eigenvalue weighted by Crippen LogP contribution is -2.62. The molecule has 0 aliphatic heterocycles. The minimum atomic E-state index is -5.08. The van der Waals surface area contributed by atoms with Crippen molar-refractivity contribution in [3.63, 3.8) is 0 Å². The first-order chi connectivity index (χ1) is 39.3. The predicted octanol–water partition coefficient (Wildman–Crippen LogP) is -1.86. The summed E-state index contributed by atoms with van der Waals surface area (Å²) in [6, 6.07) is -14.8. The van der Waals surface area contributed by atoms with Gasteiger partial charge in [0.05, 0.1) is 19.2 Å². The number of carboxylic acids is 6. The lowest BCUT2D eigenvalue weighted by atomic mass is 9.96. The van der Waals surface area contributed by atoms with Gasteiger partial charge in [-0.05, 0) is 36.5 Å².